The molecule has 0 aliphatic rings. The molecule has 0 aliphatic carbocycles. The summed E-state index contributed by atoms with van der Waals surface area (Å²) in [6.45, 7) is 8.43. The number of aryl methyl sites for hydroxylation is 2. The minimum absolute atomic E-state index is 0.0346. The van der Waals surface area contributed by atoms with E-state index in [1.807, 2.05) is 20.8 Å². The Kier molecular flexibility index (Phi) is 5.25. The highest BCUT2D eigenvalue weighted by molar-refractivity contribution is 9.09. The van der Waals surface area contributed by atoms with Crippen molar-refractivity contribution in [2.24, 2.45) is 0 Å². The largest absolute Gasteiger partial charge is 0.466 e. The zero-order chi connectivity index (χ0) is 13.0. The van der Waals surface area contributed by atoms with Gasteiger partial charge in [-0.3, -0.25) is 4.79 Å². The summed E-state index contributed by atoms with van der Waals surface area (Å²) < 4.78 is 5.44. The number of amides is 1. The molecule has 1 N–H and O–H groups in total. The molecule has 0 aromatic carbocycles. The Morgan fingerprint density at radius 1 is 1.35 bits per heavy atom. The van der Waals surface area contributed by atoms with Crippen molar-refractivity contribution in [2.75, 3.05) is 6.54 Å². The maximum atomic E-state index is 12.0. The second-order valence-electron chi connectivity index (χ2n) is 4.26. The van der Waals surface area contributed by atoms with Crippen molar-refractivity contribution < 1.29 is 9.21 Å². The number of rotatable bonds is 5. The van der Waals surface area contributed by atoms with Gasteiger partial charge in [-0.05, 0) is 33.6 Å². The topological polar surface area (TPSA) is 42.2 Å². The van der Waals surface area contributed by atoms with E-state index in [4.69, 9.17) is 4.42 Å². The van der Waals surface area contributed by atoms with E-state index < -0.39 is 0 Å². The fourth-order valence-electron chi connectivity index (χ4n) is 1.76. The first-order valence-electron chi connectivity index (χ1n) is 5.96. The molecule has 0 bridgehead atoms. The third kappa shape index (κ3) is 3.60. The summed E-state index contributed by atoms with van der Waals surface area (Å²) in [5.41, 5.74) is 1.62. The number of carbonyl (C=O) groups excluding carboxylic acids is 1. The summed E-state index contributed by atoms with van der Waals surface area (Å²) in [5.74, 6) is 1.48. The van der Waals surface area contributed by atoms with Crippen molar-refractivity contribution in [1.29, 1.82) is 0 Å². The molecule has 0 spiro atoms. The molecule has 0 fully saturated rings. The van der Waals surface area contributed by atoms with Gasteiger partial charge in [-0.1, -0.05) is 22.9 Å². The average Bonchev–Trinajstić information content (AvgIpc) is 2.52. The van der Waals surface area contributed by atoms with Crippen LogP contribution in [0.25, 0.3) is 0 Å². The van der Waals surface area contributed by atoms with E-state index >= 15 is 0 Å². The molecule has 96 valence electrons. The van der Waals surface area contributed by atoms with Crippen LogP contribution in [0.5, 0.6) is 0 Å². The first-order chi connectivity index (χ1) is 7.97. The monoisotopic (exact) mass is 301 g/mol. The Bertz CT molecular complexity index is 398. The lowest BCUT2D eigenvalue weighted by Gasteiger charge is -2.08. The molecule has 0 aliphatic heterocycles. The predicted molar refractivity (Wildman–Crippen MR) is 72.9 cm³/mol. The van der Waals surface area contributed by atoms with E-state index in [9.17, 15) is 4.79 Å². The molecule has 1 aromatic heterocycles. The number of nitrogens with one attached hydrogen (secondary N) is 1. The van der Waals surface area contributed by atoms with Crippen molar-refractivity contribution in [3.8, 4) is 0 Å². The second-order valence-corrected chi connectivity index (χ2v) is 5.56. The van der Waals surface area contributed by atoms with Gasteiger partial charge in [0.05, 0.1) is 5.56 Å². The number of alkyl halides is 1. The van der Waals surface area contributed by atoms with Crippen LogP contribution in [0.4, 0.5) is 0 Å². The lowest BCUT2D eigenvalue weighted by Crippen LogP contribution is -2.26. The molecule has 1 amide bonds. The molecule has 1 rings (SSSR count). The van der Waals surface area contributed by atoms with Crippen molar-refractivity contribution in [2.45, 2.75) is 45.4 Å². The van der Waals surface area contributed by atoms with Gasteiger partial charge in [0.1, 0.15) is 11.5 Å². The smallest absolute Gasteiger partial charge is 0.255 e. The van der Waals surface area contributed by atoms with Gasteiger partial charge in [0.25, 0.3) is 5.91 Å². The fraction of sp³-hybridized carbons (Fsp3) is 0.615. The van der Waals surface area contributed by atoms with Gasteiger partial charge < -0.3 is 9.73 Å². The molecule has 0 saturated carbocycles. The zero-order valence-corrected chi connectivity index (χ0v) is 12.5. The van der Waals surface area contributed by atoms with Crippen molar-refractivity contribution in [3.63, 3.8) is 0 Å². The molecule has 0 saturated heterocycles. The standard InChI is InChI=1S/C13H20BrNO2/c1-5-11(14)6-7-15-13(16)12-8(2)9(3)17-10(12)4/h11H,5-7H2,1-4H3,(H,15,16). The van der Waals surface area contributed by atoms with Crippen LogP contribution in [-0.2, 0) is 0 Å². The Hall–Kier alpha value is -0.770. The van der Waals surface area contributed by atoms with Crippen molar-refractivity contribution in [3.05, 3.63) is 22.6 Å². The number of halogens is 1. The lowest BCUT2D eigenvalue weighted by atomic mass is 10.1. The van der Waals surface area contributed by atoms with Gasteiger partial charge >= 0.3 is 0 Å². The Morgan fingerprint density at radius 2 is 2.00 bits per heavy atom. The summed E-state index contributed by atoms with van der Waals surface area (Å²) in [7, 11) is 0. The van der Waals surface area contributed by atoms with Crippen LogP contribution in [0.15, 0.2) is 4.42 Å². The van der Waals surface area contributed by atoms with E-state index in [2.05, 4.69) is 28.2 Å². The Labute approximate surface area is 111 Å². The van der Waals surface area contributed by atoms with E-state index in [-0.39, 0.29) is 5.91 Å². The average molecular weight is 302 g/mol. The van der Waals surface area contributed by atoms with Gasteiger partial charge in [0.15, 0.2) is 0 Å². The quantitative estimate of drug-likeness (QED) is 0.846. The normalized spacial score (nSPS) is 12.5. The van der Waals surface area contributed by atoms with Gasteiger partial charge in [0.2, 0.25) is 0 Å². The molecule has 1 unspecified atom stereocenters. The van der Waals surface area contributed by atoms with E-state index in [0.29, 0.717) is 22.7 Å². The summed E-state index contributed by atoms with van der Waals surface area (Å²) in [6.07, 6.45) is 2.01. The highest BCUT2D eigenvalue weighted by atomic mass is 79.9. The van der Waals surface area contributed by atoms with Crippen LogP contribution in [0, 0.1) is 20.8 Å². The number of hydrogen-bond acceptors (Lipinski definition) is 2. The SMILES string of the molecule is CCC(Br)CCNC(=O)c1c(C)oc(C)c1C. The van der Waals surface area contributed by atoms with Crippen molar-refractivity contribution >= 4 is 21.8 Å². The van der Waals surface area contributed by atoms with Gasteiger partial charge in [0, 0.05) is 16.9 Å². The summed E-state index contributed by atoms with van der Waals surface area (Å²) in [4.78, 5) is 12.5. The number of carbonyl (C=O) groups is 1. The molecule has 1 aromatic rings. The number of furan rings is 1. The molecular formula is C13H20BrNO2. The highest BCUT2D eigenvalue weighted by Crippen LogP contribution is 2.20. The van der Waals surface area contributed by atoms with Crippen LogP contribution in [0.3, 0.4) is 0 Å². The molecule has 1 heterocycles. The maximum Gasteiger partial charge on any atom is 0.255 e. The molecular weight excluding hydrogens is 282 g/mol. The Balaban J connectivity index is 2.58. The minimum atomic E-state index is -0.0346. The van der Waals surface area contributed by atoms with E-state index in [1.54, 1.807) is 0 Å². The lowest BCUT2D eigenvalue weighted by molar-refractivity contribution is 0.0951. The first kappa shape index (κ1) is 14.3. The van der Waals surface area contributed by atoms with Crippen LogP contribution in [0.2, 0.25) is 0 Å². The van der Waals surface area contributed by atoms with E-state index in [1.165, 1.54) is 0 Å². The summed E-state index contributed by atoms with van der Waals surface area (Å²) >= 11 is 3.55. The molecule has 0 radical (unpaired) electrons. The van der Waals surface area contributed by atoms with Crippen molar-refractivity contribution in [1.82, 2.24) is 5.32 Å². The number of hydrogen-bond donors (Lipinski definition) is 1. The van der Waals surface area contributed by atoms with Crippen LogP contribution in [-0.4, -0.2) is 17.3 Å². The predicted octanol–water partition coefficient (Wildman–Crippen LogP) is 3.50. The molecule has 4 heteroatoms. The first-order valence-corrected chi connectivity index (χ1v) is 6.87. The van der Waals surface area contributed by atoms with Gasteiger partial charge in [-0.15, -0.1) is 0 Å². The van der Waals surface area contributed by atoms with Crippen LogP contribution < -0.4 is 5.32 Å². The van der Waals surface area contributed by atoms with Crippen LogP contribution >= 0.6 is 15.9 Å². The fourth-order valence-corrected chi connectivity index (χ4v) is 1.99. The molecule has 3 nitrogen and oxygen atoms in total. The van der Waals surface area contributed by atoms with Crippen LogP contribution in [0.1, 0.15) is 47.2 Å². The van der Waals surface area contributed by atoms with Gasteiger partial charge in [-0.25, -0.2) is 0 Å². The van der Waals surface area contributed by atoms with Gasteiger partial charge in [-0.2, -0.15) is 0 Å². The summed E-state index contributed by atoms with van der Waals surface area (Å²) in [6, 6.07) is 0. The maximum absolute atomic E-state index is 12.0. The minimum Gasteiger partial charge on any atom is -0.466 e. The summed E-state index contributed by atoms with van der Waals surface area (Å²) in [5, 5.41) is 2.93. The zero-order valence-electron chi connectivity index (χ0n) is 10.9. The third-order valence-corrected chi connectivity index (χ3v) is 4.08. The molecule has 1 atom stereocenters. The molecule has 17 heavy (non-hydrogen) atoms. The highest BCUT2D eigenvalue weighted by Gasteiger charge is 2.18. The third-order valence-electron chi connectivity index (χ3n) is 2.97. The van der Waals surface area contributed by atoms with E-state index in [0.717, 1.165) is 24.2 Å². The Morgan fingerprint density at radius 3 is 2.47 bits per heavy atom. The second kappa shape index (κ2) is 6.24.